The summed E-state index contributed by atoms with van der Waals surface area (Å²) in [6, 6.07) is 3.94. The number of hydrogen-bond donors (Lipinski definition) is 3. The Labute approximate surface area is 90.9 Å². The van der Waals surface area contributed by atoms with Crippen molar-refractivity contribution in [2.45, 2.75) is 13.8 Å². The van der Waals surface area contributed by atoms with Crippen molar-refractivity contribution < 1.29 is 5.21 Å². The van der Waals surface area contributed by atoms with E-state index in [1.165, 1.54) is 0 Å². The molecule has 0 amide bonds. The van der Waals surface area contributed by atoms with Gasteiger partial charge in [-0.1, -0.05) is 6.07 Å². The van der Waals surface area contributed by atoms with Crippen molar-refractivity contribution in [2.24, 2.45) is 10.7 Å². The largest absolute Gasteiger partial charge is 0.368 e. The van der Waals surface area contributed by atoms with E-state index in [1.807, 2.05) is 26.0 Å². The van der Waals surface area contributed by atoms with Crippen LogP contribution < -0.4 is 11.2 Å². The average Bonchev–Trinajstić information content (AvgIpc) is 2.10. The third kappa shape index (κ3) is 2.46. The van der Waals surface area contributed by atoms with Gasteiger partial charge in [-0.25, -0.2) is 10.5 Å². The molecule has 14 heavy (non-hydrogen) atoms. The SMILES string of the molecule is Cc1cc(C)c(N=C(N)NO)c(Br)c1. The van der Waals surface area contributed by atoms with E-state index in [1.54, 1.807) is 5.48 Å². The van der Waals surface area contributed by atoms with E-state index in [2.05, 4.69) is 20.9 Å². The number of hydroxylamine groups is 1. The number of nitrogens with two attached hydrogens (primary N) is 1. The summed E-state index contributed by atoms with van der Waals surface area (Å²) >= 11 is 3.38. The average molecular weight is 258 g/mol. The topological polar surface area (TPSA) is 70.6 Å². The lowest BCUT2D eigenvalue weighted by Crippen LogP contribution is -2.27. The van der Waals surface area contributed by atoms with Crippen molar-refractivity contribution in [3.8, 4) is 0 Å². The second-order valence-electron chi connectivity index (χ2n) is 3.02. The van der Waals surface area contributed by atoms with E-state index >= 15 is 0 Å². The Morgan fingerprint density at radius 1 is 1.50 bits per heavy atom. The van der Waals surface area contributed by atoms with Crippen molar-refractivity contribution in [1.29, 1.82) is 0 Å². The molecule has 0 aliphatic heterocycles. The molecule has 4 nitrogen and oxygen atoms in total. The molecular formula is C9H12BrN3O. The van der Waals surface area contributed by atoms with E-state index in [-0.39, 0.29) is 5.96 Å². The van der Waals surface area contributed by atoms with Crippen molar-refractivity contribution >= 4 is 27.6 Å². The number of benzene rings is 1. The van der Waals surface area contributed by atoms with Gasteiger partial charge in [0.25, 0.3) is 0 Å². The fourth-order valence-corrected chi connectivity index (χ4v) is 1.96. The minimum Gasteiger partial charge on any atom is -0.368 e. The van der Waals surface area contributed by atoms with Crippen LogP contribution in [0.25, 0.3) is 0 Å². The standard InChI is InChI=1S/C9H12BrN3O/c1-5-3-6(2)8(7(10)4-5)12-9(11)13-14/h3-4,14H,1-2H3,(H3,11,12,13). The molecular weight excluding hydrogens is 246 g/mol. The normalized spacial score (nSPS) is 11.6. The molecule has 4 N–H and O–H groups in total. The lowest BCUT2D eigenvalue weighted by Gasteiger charge is -2.06. The van der Waals surface area contributed by atoms with Gasteiger partial charge in [0.2, 0.25) is 5.96 Å². The maximum atomic E-state index is 8.51. The summed E-state index contributed by atoms with van der Waals surface area (Å²) in [6.07, 6.45) is 0. The van der Waals surface area contributed by atoms with Crippen molar-refractivity contribution in [3.63, 3.8) is 0 Å². The molecule has 0 aliphatic rings. The zero-order valence-electron chi connectivity index (χ0n) is 8.00. The van der Waals surface area contributed by atoms with Crippen molar-refractivity contribution in [1.82, 2.24) is 5.48 Å². The second-order valence-corrected chi connectivity index (χ2v) is 3.88. The Hall–Kier alpha value is -1.07. The zero-order valence-corrected chi connectivity index (χ0v) is 9.59. The van der Waals surface area contributed by atoms with Gasteiger partial charge in [-0.15, -0.1) is 0 Å². The first kappa shape index (κ1) is 11.0. The minimum absolute atomic E-state index is 0.0300. The van der Waals surface area contributed by atoms with E-state index in [9.17, 15) is 0 Å². The number of nitrogens with zero attached hydrogens (tertiary/aromatic N) is 1. The van der Waals surface area contributed by atoms with Gasteiger partial charge in [-0.3, -0.25) is 5.21 Å². The van der Waals surface area contributed by atoms with Gasteiger partial charge < -0.3 is 5.73 Å². The molecule has 0 bridgehead atoms. The predicted molar refractivity (Wildman–Crippen MR) is 59.8 cm³/mol. The Kier molecular flexibility index (Phi) is 3.49. The van der Waals surface area contributed by atoms with Crippen LogP contribution >= 0.6 is 15.9 Å². The van der Waals surface area contributed by atoms with Crippen LogP contribution in [0.4, 0.5) is 5.69 Å². The maximum Gasteiger partial charge on any atom is 0.218 e. The molecule has 0 atom stereocenters. The van der Waals surface area contributed by atoms with Crippen LogP contribution in [0.5, 0.6) is 0 Å². The monoisotopic (exact) mass is 257 g/mol. The summed E-state index contributed by atoms with van der Waals surface area (Å²) in [4.78, 5) is 4.00. The number of nitrogens with one attached hydrogen (secondary N) is 1. The quantitative estimate of drug-likeness (QED) is 0.410. The molecule has 1 aromatic rings. The second kappa shape index (κ2) is 4.43. The molecule has 1 aromatic carbocycles. The number of guanidine groups is 1. The summed E-state index contributed by atoms with van der Waals surface area (Å²) in [7, 11) is 0. The van der Waals surface area contributed by atoms with Gasteiger partial charge in [0.1, 0.15) is 0 Å². The van der Waals surface area contributed by atoms with Gasteiger partial charge >= 0.3 is 0 Å². The highest BCUT2D eigenvalue weighted by atomic mass is 79.9. The van der Waals surface area contributed by atoms with Gasteiger partial charge in [0.05, 0.1) is 5.69 Å². The zero-order chi connectivity index (χ0) is 10.7. The van der Waals surface area contributed by atoms with Crippen LogP contribution in [-0.2, 0) is 0 Å². The summed E-state index contributed by atoms with van der Waals surface area (Å²) in [5.74, 6) is -0.0300. The molecule has 0 spiro atoms. The van der Waals surface area contributed by atoms with Gasteiger partial charge in [-0.05, 0) is 47.0 Å². The van der Waals surface area contributed by atoms with Crippen LogP contribution in [0.15, 0.2) is 21.6 Å². The third-order valence-corrected chi connectivity index (χ3v) is 2.35. The molecule has 5 heteroatoms. The number of aryl methyl sites for hydroxylation is 2. The van der Waals surface area contributed by atoms with Crippen LogP contribution in [0, 0.1) is 13.8 Å². The van der Waals surface area contributed by atoms with E-state index in [4.69, 9.17) is 10.9 Å². The van der Waals surface area contributed by atoms with Gasteiger partial charge in [0.15, 0.2) is 0 Å². The molecule has 1 rings (SSSR count). The highest BCUT2D eigenvalue weighted by molar-refractivity contribution is 9.10. The fraction of sp³-hybridized carbons (Fsp3) is 0.222. The summed E-state index contributed by atoms with van der Waals surface area (Å²) in [5, 5.41) is 8.51. The lowest BCUT2D eigenvalue weighted by molar-refractivity contribution is 0.233. The Balaban J connectivity index is 3.21. The smallest absolute Gasteiger partial charge is 0.218 e. The highest BCUT2D eigenvalue weighted by Gasteiger charge is 2.04. The van der Waals surface area contributed by atoms with E-state index in [0.29, 0.717) is 0 Å². The molecule has 0 heterocycles. The molecule has 0 radical (unpaired) electrons. The van der Waals surface area contributed by atoms with E-state index < -0.39 is 0 Å². The number of halogens is 1. The van der Waals surface area contributed by atoms with Gasteiger partial charge in [0, 0.05) is 4.47 Å². The Morgan fingerprint density at radius 2 is 2.14 bits per heavy atom. The molecule has 0 saturated heterocycles. The molecule has 0 aromatic heterocycles. The number of hydrogen-bond acceptors (Lipinski definition) is 2. The molecule has 0 unspecified atom stereocenters. The number of aliphatic imine (C=N–C) groups is 1. The summed E-state index contributed by atoms with van der Waals surface area (Å²) in [5.41, 5.74) is 9.99. The summed E-state index contributed by atoms with van der Waals surface area (Å²) < 4.78 is 0.855. The lowest BCUT2D eigenvalue weighted by atomic mass is 10.1. The maximum absolute atomic E-state index is 8.51. The van der Waals surface area contributed by atoms with Crippen LogP contribution in [0.3, 0.4) is 0 Å². The number of rotatable bonds is 1. The van der Waals surface area contributed by atoms with E-state index in [0.717, 1.165) is 21.3 Å². The first-order valence-corrected chi connectivity index (χ1v) is 4.85. The third-order valence-electron chi connectivity index (χ3n) is 1.75. The predicted octanol–water partition coefficient (Wildman–Crippen LogP) is 1.99. The first-order chi connectivity index (χ1) is 6.54. The molecule has 0 aliphatic carbocycles. The minimum atomic E-state index is -0.0300. The van der Waals surface area contributed by atoms with Crippen LogP contribution in [0.1, 0.15) is 11.1 Å². The first-order valence-electron chi connectivity index (χ1n) is 4.05. The highest BCUT2D eigenvalue weighted by Crippen LogP contribution is 2.30. The Bertz CT molecular complexity index is 353. The van der Waals surface area contributed by atoms with Gasteiger partial charge in [-0.2, -0.15) is 0 Å². The van der Waals surface area contributed by atoms with Crippen molar-refractivity contribution in [2.75, 3.05) is 0 Å². The van der Waals surface area contributed by atoms with Crippen molar-refractivity contribution in [3.05, 3.63) is 27.7 Å². The summed E-state index contributed by atoms with van der Waals surface area (Å²) in [6.45, 7) is 3.93. The Morgan fingerprint density at radius 3 is 2.64 bits per heavy atom. The van der Waals surface area contributed by atoms with Crippen LogP contribution in [-0.4, -0.2) is 11.2 Å². The van der Waals surface area contributed by atoms with Crippen LogP contribution in [0.2, 0.25) is 0 Å². The molecule has 76 valence electrons. The fourth-order valence-electron chi connectivity index (χ4n) is 1.20. The molecule has 0 saturated carbocycles. The molecule has 0 fully saturated rings.